The van der Waals surface area contributed by atoms with Crippen molar-refractivity contribution < 1.29 is 14.1 Å². The zero-order valence-corrected chi connectivity index (χ0v) is 16.8. The number of carbonyl (C=O) groups excluding carboxylic acids is 1. The lowest BCUT2D eigenvalue weighted by atomic mass is 10.1. The fraction of sp³-hybridized carbons (Fsp3) is 0.125. The van der Waals surface area contributed by atoms with Gasteiger partial charge >= 0.3 is 0 Å². The molecule has 6 nitrogen and oxygen atoms in total. The van der Waals surface area contributed by atoms with E-state index in [0.29, 0.717) is 23.0 Å². The van der Waals surface area contributed by atoms with Crippen LogP contribution in [0.5, 0.6) is 5.75 Å². The Balaban J connectivity index is 1.48. The highest BCUT2D eigenvalue weighted by molar-refractivity contribution is 5.92. The van der Waals surface area contributed by atoms with Gasteiger partial charge in [-0.25, -0.2) is 0 Å². The second-order valence-corrected chi connectivity index (χ2v) is 6.94. The maximum atomic E-state index is 12.4. The molecule has 3 aromatic carbocycles. The number of ether oxygens (including phenoxy) is 1. The van der Waals surface area contributed by atoms with Crippen molar-refractivity contribution in [3.05, 3.63) is 83.9 Å². The number of hydrogen-bond donors (Lipinski definition) is 1. The summed E-state index contributed by atoms with van der Waals surface area (Å²) in [4.78, 5) is 16.9. The normalized spacial score (nSPS) is 10.6. The van der Waals surface area contributed by atoms with Gasteiger partial charge in [0.15, 0.2) is 6.61 Å². The number of hydrogen-bond acceptors (Lipinski definition) is 5. The first-order valence-corrected chi connectivity index (χ1v) is 9.58. The number of benzene rings is 3. The predicted octanol–water partition coefficient (Wildman–Crippen LogP) is 5.04. The van der Waals surface area contributed by atoms with Crippen molar-refractivity contribution in [2.75, 3.05) is 11.9 Å². The molecule has 150 valence electrons. The van der Waals surface area contributed by atoms with Crippen molar-refractivity contribution >= 4 is 11.6 Å². The molecule has 1 N–H and O–H groups in total. The summed E-state index contributed by atoms with van der Waals surface area (Å²) >= 11 is 0. The molecule has 0 bridgehead atoms. The van der Waals surface area contributed by atoms with Gasteiger partial charge in [-0.1, -0.05) is 59.8 Å². The van der Waals surface area contributed by atoms with Crippen LogP contribution in [0.4, 0.5) is 5.69 Å². The molecule has 0 fully saturated rings. The van der Waals surface area contributed by atoms with E-state index in [0.717, 1.165) is 22.4 Å². The third-order valence-electron chi connectivity index (χ3n) is 4.60. The molecule has 30 heavy (non-hydrogen) atoms. The van der Waals surface area contributed by atoms with Crippen LogP contribution in [0.15, 0.2) is 77.3 Å². The number of carbonyl (C=O) groups is 1. The second kappa shape index (κ2) is 8.61. The molecule has 0 saturated heterocycles. The minimum atomic E-state index is -0.242. The number of aromatic nitrogens is 2. The van der Waals surface area contributed by atoms with Crippen LogP contribution in [0.2, 0.25) is 0 Å². The van der Waals surface area contributed by atoms with Crippen LogP contribution < -0.4 is 10.1 Å². The maximum absolute atomic E-state index is 12.4. The van der Waals surface area contributed by atoms with Gasteiger partial charge < -0.3 is 14.6 Å². The molecule has 1 aromatic heterocycles. The van der Waals surface area contributed by atoms with Crippen LogP contribution in [0.3, 0.4) is 0 Å². The summed E-state index contributed by atoms with van der Waals surface area (Å²) in [5, 5.41) is 6.94. The van der Waals surface area contributed by atoms with E-state index in [-0.39, 0.29) is 12.5 Å². The molecule has 0 aliphatic carbocycles. The molecule has 0 spiro atoms. The highest BCUT2D eigenvalue weighted by atomic mass is 16.5. The van der Waals surface area contributed by atoms with E-state index >= 15 is 0 Å². The van der Waals surface area contributed by atoms with Crippen molar-refractivity contribution in [1.29, 1.82) is 0 Å². The topological polar surface area (TPSA) is 77.2 Å². The summed E-state index contributed by atoms with van der Waals surface area (Å²) in [5.74, 6) is 1.08. The quantitative estimate of drug-likeness (QED) is 0.492. The summed E-state index contributed by atoms with van der Waals surface area (Å²) in [6, 6.07) is 22.8. The molecule has 1 amide bonds. The molecule has 4 rings (SSSR count). The van der Waals surface area contributed by atoms with E-state index in [1.165, 1.54) is 0 Å². The Hall–Kier alpha value is -3.93. The number of aryl methyl sites for hydroxylation is 2. The maximum Gasteiger partial charge on any atom is 0.262 e. The Morgan fingerprint density at radius 3 is 2.60 bits per heavy atom. The van der Waals surface area contributed by atoms with Crippen molar-refractivity contribution in [1.82, 2.24) is 10.1 Å². The lowest BCUT2D eigenvalue weighted by Gasteiger charge is -2.11. The minimum Gasteiger partial charge on any atom is -0.483 e. The van der Waals surface area contributed by atoms with E-state index in [9.17, 15) is 4.79 Å². The van der Waals surface area contributed by atoms with Gasteiger partial charge in [-0.15, -0.1) is 0 Å². The summed E-state index contributed by atoms with van der Waals surface area (Å²) in [7, 11) is 0. The summed E-state index contributed by atoms with van der Waals surface area (Å²) in [5.41, 5.74) is 4.34. The lowest BCUT2D eigenvalue weighted by molar-refractivity contribution is -0.118. The number of nitrogens with zero attached hydrogens (tertiary/aromatic N) is 2. The predicted molar refractivity (Wildman–Crippen MR) is 115 cm³/mol. The Bertz CT molecular complexity index is 1170. The molecule has 0 atom stereocenters. The fourth-order valence-corrected chi connectivity index (χ4v) is 3.01. The SMILES string of the molecule is Cc1ccc(C)c(NC(=O)COc2ccccc2-c2nc(-c3ccccc3)no2)c1. The summed E-state index contributed by atoms with van der Waals surface area (Å²) in [6.07, 6.45) is 0. The largest absolute Gasteiger partial charge is 0.483 e. The summed E-state index contributed by atoms with van der Waals surface area (Å²) < 4.78 is 11.2. The van der Waals surface area contributed by atoms with Crippen molar-refractivity contribution in [3.63, 3.8) is 0 Å². The van der Waals surface area contributed by atoms with Crippen LogP contribution in [0, 0.1) is 13.8 Å². The van der Waals surface area contributed by atoms with E-state index in [1.807, 2.05) is 80.6 Å². The van der Waals surface area contributed by atoms with Crippen LogP contribution in [0.1, 0.15) is 11.1 Å². The van der Waals surface area contributed by atoms with E-state index in [1.54, 1.807) is 6.07 Å². The Kier molecular flexibility index (Phi) is 5.57. The average Bonchev–Trinajstić information content (AvgIpc) is 3.26. The van der Waals surface area contributed by atoms with Gasteiger partial charge in [-0.2, -0.15) is 4.98 Å². The molecule has 6 heteroatoms. The zero-order valence-electron chi connectivity index (χ0n) is 16.8. The van der Waals surface area contributed by atoms with Crippen LogP contribution >= 0.6 is 0 Å². The average molecular weight is 399 g/mol. The third-order valence-corrected chi connectivity index (χ3v) is 4.60. The fourth-order valence-electron chi connectivity index (χ4n) is 3.01. The highest BCUT2D eigenvalue weighted by Crippen LogP contribution is 2.30. The Morgan fingerprint density at radius 1 is 1.00 bits per heavy atom. The number of anilines is 1. The van der Waals surface area contributed by atoms with Gasteiger partial charge in [0, 0.05) is 11.3 Å². The molecule has 0 aliphatic rings. The molecule has 0 radical (unpaired) electrons. The standard InChI is InChI=1S/C24H21N3O3/c1-16-12-13-17(2)20(14-16)25-22(28)15-29-21-11-7-6-10-19(21)24-26-23(27-30-24)18-8-4-3-5-9-18/h3-14H,15H2,1-2H3,(H,25,28). The first-order valence-electron chi connectivity index (χ1n) is 9.58. The molecular formula is C24H21N3O3. The van der Waals surface area contributed by atoms with E-state index in [2.05, 4.69) is 15.5 Å². The zero-order chi connectivity index (χ0) is 20.9. The molecule has 0 aliphatic heterocycles. The van der Waals surface area contributed by atoms with Gasteiger partial charge in [0.1, 0.15) is 5.75 Å². The lowest BCUT2D eigenvalue weighted by Crippen LogP contribution is -2.20. The van der Waals surface area contributed by atoms with Crippen LogP contribution in [-0.2, 0) is 4.79 Å². The van der Waals surface area contributed by atoms with Crippen LogP contribution in [0.25, 0.3) is 22.8 Å². The molecular weight excluding hydrogens is 378 g/mol. The van der Waals surface area contributed by atoms with Gasteiger partial charge in [0.2, 0.25) is 5.82 Å². The van der Waals surface area contributed by atoms with Crippen molar-refractivity contribution in [3.8, 4) is 28.6 Å². The molecule has 4 aromatic rings. The van der Waals surface area contributed by atoms with E-state index in [4.69, 9.17) is 9.26 Å². The smallest absolute Gasteiger partial charge is 0.262 e. The van der Waals surface area contributed by atoms with Crippen LogP contribution in [-0.4, -0.2) is 22.7 Å². The van der Waals surface area contributed by atoms with Gasteiger partial charge in [0.05, 0.1) is 5.56 Å². The van der Waals surface area contributed by atoms with Gasteiger partial charge in [-0.3, -0.25) is 4.79 Å². The number of nitrogens with one attached hydrogen (secondary N) is 1. The number of rotatable bonds is 6. The van der Waals surface area contributed by atoms with Crippen molar-refractivity contribution in [2.24, 2.45) is 0 Å². The Labute approximate surface area is 174 Å². The third kappa shape index (κ3) is 4.38. The van der Waals surface area contributed by atoms with Gasteiger partial charge in [0.25, 0.3) is 11.8 Å². The highest BCUT2D eigenvalue weighted by Gasteiger charge is 2.16. The van der Waals surface area contributed by atoms with Crippen molar-refractivity contribution in [2.45, 2.75) is 13.8 Å². The first-order chi connectivity index (χ1) is 14.6. The number of para-hydroxylation sites is 1. The molecule has 1 heterocycles. The number of amides is 1. The van der Waals surface area contributed by atoms with E-state index < -0.39 is 0 Å². The second-order valence-electron chi connectivity index (χ2n) is 6.94. The minimum absolute atomic E-state index is 0.135. The first kappa shape index (κ1) is 19.4. The Morgan fingerprint density at radius 2 is 1.77 bits per heavy atom. The summed E-state index contributed by atoms with van der Waals surface area (Å²) in [6.45, 7) is 3.80. The molecule has 0 unspecified atom stereocenters. The molecule has 0 saturated carbocycles. The van der Waals surface area contributed by atoms with Gasteiger partial charge in [-0.05, 0) is 43.2 Å². The monoisotopic (exact) mass is 399 g/mol.